The predicted molar refractivity (Wildman–Crippen MR) is 40.3 cm³/mol. The van der Waals surface area contributed by atoms with Crippen molar-refractivity contribution in [2.75, 3.05) is 0 Å². The van der Waals surface area contributed by atoms with E-state index in [1.807, 2.05) is 0 Å². The third-order valence-corrected chi connectivity index (χ3v) is 1.75. The molecule has 0 fully saturated rings. The second-order valence-corrected chi connectivity index (χ2v) is 2.50. The lowest BCUT2D eigenvalue weighted by molar-refractivity contribution is -0.383. The Morgan fingerprint density at radius 2 is 2.00 bits per heavy atom. The molecule has 0 aliphatic carbocycles. The number of benzene rings is 1. The largest absolute Gasteiger partial charge is 0.284 e. The van der Waals surface area contributed by atoms with Crippen molar-refractivity contribution in [1.82, 2.24) is 0 Å². The van der Waals surface area contributed by atoms with E-state index < -0.39 is 4.92 Å². The van der Waals surface area contributed by atoms with Crippen LogP contribution in [0.15, 0.2) is 24.3 Å². The average molecular weight is 169 g/mol. The molecule has 4 nitrogen and oxygen atoms in total. The maximum Gasteiger partial charge on any atom is 0.284 e. The number of hydrogen-bond acceptors (Lipinski definition) is 3. The van der Waals surface area contributed by atoms with E-state index in [-0.39, 0.29) is 19.5 Å². The van der Waals surface area contributed by atoms with Gasteiger partial charge in [-0.1, -0.05) is 12.1 Å². The number of hydrogen-bond donors (Lipinski definition) is 0. The molecule has 0 amide bonds. The Morgan fingerprint density at radius 1 is 1.36 bits per heavy atom. The van der Waals surface area contributed by atoms with Gasteiger partial charge in [-0.3, -0.25) is 14.7 Å². The van der Waals surface area contributed by atoms with Crippen LogP contribution in [0.25, 0.3) is 0 Å². The van der Waals surface area contributed by atoms with Crippen LogP contribution < -0.4 is 5.30 Å². The summed E-state index contributed by atoms with van der Waals surface area (Å²) >= 11 is 0. The molecule has 0 aliphatic heterocycles. The van der Waals surface area contributed by atoms with E-state index >= 15 is 0 Å². The number of nitrogens with zero attached hydrogens (tertiary/aromatic N) is 1. The molecule has 56 valence electrons. The fraction of sp³-hybridized carbons (Fsp3) is 0. The lowest BCUT2D eigenvalue weighted by Gasteiger charge is -1.90. The summed E-state index contributed by atoms with van der Waals surface area (Å²) in [5.74, 6) is 0. The van der Waals surface area contributed by atoms with Crippen LogP contribution >= 0.6 is 8.46 Å². The first-order valence-corrected chi connectivity index (χ1v) is 3.63. The van der Waals surface area contributed by atoms with Gasteiger partial charge in [-0.15, -0.1) is 0 Å². The number of nitro benzene ring substituents is 1. The second-order valence-electron chi connectivity index (χ2n) is 1.84. The highest BCUT2D eigenvalue weighted by Crippen LogP contribution is 2.11. The van der Waals surface area contributed by atoms with Gasteiger partial charge in [-0.25, -0.2) is 0 Å². The van der Waals surface area contributed by atoms with Gasteiger partial charge in [0.2, 0.25) is 0 Å². The zero-order valence-corrected chi connectivity index (χ0v) is 6.32. The summed E-state index contributed by atoms with van der Waals surface area (Å²) in [6.45, 7) is 0. The predicted octanol–water partition coefficient (Wildman–Crippen LogP) is 1.51. The standard InChI is InChI=1S/C6H4NO3P/c8-7(9)5-3-1-2-4-6(5)11-10/h1-4H. The number of nitro groups is 1. The van der Waals surface area contributed by atoms with E-state index in [9.17, 15) is 14.7 Å². The molecule has 0 heterocycles. The van der Waals surface area contributed by atoms with Gasteiger partial charge in [0.15, 0.2) is 8.46 Å². The lowest BCUT2D eigenvalue weighted by Crippen LogP contribution is -2.00. The molecule has 11 heavy (non-hydrogen) atoms. The molecular weight excluding hydrogens is 165 g/mol. The molecule has 0 saturated heterocycles. The summed E-state index contributed by atoms with van der Waals surface area (Å²) in [6, 6.07) is 5.91. The highest BCUT2D eigenvalue weighted by atomic mass is 31.1. The quantitative estimate of drug-likeness (QED) is 0.383. The van der Waals surface area contributed by atoms with Gasteiger partial charge in [0.05, 0.1) is 4.92 Å². The van der Waals surface area contributed by atoms with Crippen LogP contribution in [0, 0.1) is 10.1 Å². The Labute approximate surface area is 64.2 Å². The Kier molecular flexibility index (Phi) is 2.28. The first-order valence-electron chi connectivity index (χ1n) is 2.82. The summed E-state index contributed by atoms with van der Waals surface area (Å²) in [6.07, 6.45) is 0. The van der Waals surface area contributed by atoms with Gasteiger partial charge in [-0.05, 0) is 6.07 Å². The Hall–Kier alpha value is -1.28. The summed E-state index contributed by atoms with van der Waals surface area (Å²) in [5.41, 5.74) is -0.107. The van der Waals surface area contributed by atoms with Crippen LogP contribution in [0.4, 0.5) is 5.69 Å². The minimum Gasteiger partial charge on any atom is -0.269 e. The normalized spacial score (nSPS) is 9.82. The summed E-state index contributed by atoms with van der Waals surface area (Å²) in [5, 5.41) is 10.4. The minimum atomic E-state index is -0.555. The molecular formula is C6H4NO3P. The smallest absolute Gasteiger partial charge is 0.269 e. The van der Waals surface area contributed by atoms with Gasteiger partial charge >= 0.3 is 0 Å². The minimum absolute atomic E-state index is 0.107. The molecule has 1 aromatic carbocycles. The molecule has 5 heteroatoms. The zero-order chi connectivity index (χ0) is 8.27. The lowest BCUT2D eigenvalue weighted by atomic mass is 10.3. The van der Waals surface area contributed by atoms with E-state index in [0.29, 0.717) is 0 Å². The summed E-state index contributed by atoms with van der Waals surface area (Å²) < 4.78 is 10.3. The fourth-order valence-electron chi connectivity index (χ4n) is 0.696. The topological polar surface area (TPSA) is 60.2 Å². The van der Waals surface area contributed by atoms with Crippen molar-refractivity contribution in [3.63, 3.8) is 0 Å². The van der Waals surface area contributed by atoms with E-state index in [0.717, 1.165) is 0 Å². The van der Waals surface area contributed by atoms with Crippen molar-refractivity contribution < 1.29 is 9.49 Å². The molecule has 0 radical (unpaired) electrons. The third-order valence-electron chi connectivity index (χ3n) is 1.18. The van der Waals surface area contributed by atoms with Crippen LogP contribution in [0.5, 0.6) is 0 Å². The molecule has 1 aromatic rings. The van der Waals surface area contributed by atoms with Crippen molar-refractivity contribution in [2.45, 2.75) is 0 Å². The van der Waals surface area contributed by atoms with Crippen molar-refractivity contribution >= 4 is 19.5 Å². The van der Waals surface area contributed by atoms with Gasteiger partial charge < -0.3 is 0 Å². The van der Waals surface area contributed by atoms with Crippen LogP contribution in [0.1, 0.15) is 0 Å². The molecule has 0 spiro atoms. The molecule has 0 N–H and O–H groups in total. The van der Waals surface area contributed by atoms with Crippen molar-refractivity contribution in [1.29, 1.82) is 0 Å². The van der Waals surface area contributed by atoms with Gasteiger partial charge in [0.1, 0.15) is 5.30 Å². The highest BCUT2D eigenvalue weighted by molar-refractivity contribution is 7.34. The van der Waals surface area contributed by atoms with E-state index in [2.05, 4.69) is 0 Å². The Morgan fingerprint density at radius 3 is 2.45 bits per heavy atom. The maximum absolute atomic E-state index is 10.3. The van der Waals surface area contributed by atoms with E-state index in [1.54, 1.807) is 6.07 Å². The fourth-order valence-corrected chi connectivity index (χ4v) is 1.09. The van der Waals surface area contributed by atoms with Gasteiger partial charge in [0.25, 0.3) is 5.69 Å². The van der Waals surface area contributed by atoms with Gasteiger partial charge in [0, 0.05) is 6.07 Å². The van der Waals surface area contributed by atoms with Crippen molar-refractivity contribution in [3.05, 3.63) is 34.4 Å². The molecule has 0 bridgehead atoms. The Balaban J connectivity index is 3.22. The van der Waals surface area contributed by atoms with Crippen LogP contribution in [-0.4, -0.2) is 4.92 Å². The maximum atomic E-state index is 10.3. The first kappa shape index (κ1) is 7.82. The summed E-state index contributed by atoms with van der Waals surface area (Å²) in [4.78, 5) is 9.69. The van der Waals surface area contributed by atoms with Gasteiger partial charge in [-0.2, -0.15) is 0 Å². The second kappa shape index (κ2) is 3.21. The summed E-state index contributed by atoms with van der Waals surface area (Å²) in [7, 11) is -0.319. The van der Waals surface area contributed by atoms with Crippen molar-refractivity contribution in [2.24, 2.45) is 0 Å². The van der Waals surface area contributed by atoms with E-state index in [1.165, 1.54) is 18.2 Å². The van der Waals surface area contributed by atoms with Crippen LogP contribution in [-0.2, 0) is 4.57 Å². The third kappa shape index (κ3) is 1.59. The average Bonchev–Trinajstić information content (AvgIpc) is 2.04. The zero-order valence-electron chi connectivity index (χ0n) is 5.43. The molecule has 0 atom stereocenters. The molecule has 0 unspecified atom stereocenters. The SMILES string of the molecule is O=Pc1ccccc1[N+](=O)[O-]. The Bertz CT molecular complexity index is 300. The number of rotatable bonds is 2. The number of para-hydroxylation sites is 1. The molecule has 1 rings (SSSR count). The monoisotopic (exact) mass is 169 g/mol. The van der Waals surface area contributed by atoms with Crippen LogP contribution in [0.3, 0.4) is 0 Å². The molecule has 0 saturated carbocycles. The molecule has 0 aliphatic rings. The first-order chi connectivity index (χ1) is 5.25. The van der Waals surface area contributed by atoms with Crippen LogP contribution in [0.2, 0.25) is 0 Å². The molecule has 0 aromatic heterocycles. The van der Waals surface area contributed by atoms with E-state index in [4.69, 9.17) is 0 Å². The highest BCUT2D eigenvalue weighted by Gasteiger charge is 2.10. The van der Waals surface area contributed by atoms with Crippen molar-refractivity contribution in [3.8, 4) is 0 Å².